The first kappa shape index (κ1) is 15.7. The van der Waals surface area contributed by atoms with Gasteiger partial charge in [0.05, 0.1) is 7.11 Å². The van der Waals surface area contributed by atoms with Crippen molar-refractivity contribution in [2.75, 3.05) is 7.11 Å². The molecule has 1 aromatic rings. The molecule has 19 heavy (non-hydrogen) atoms. The number of rotatable bonds is 7. The molecule has 1 atom stereocenters. The largest absolute Gasteiger partial charge is 0.468 e. The molecule has 0 aliphatic carbocycles. The van der Waals surface area contributed by atoms with Crippen LogP contribution in [0.5, 0.6) is 0 Å². The molecule has 0 radical (unpaired) electrons. The van der Waals surface area contributed by atoms with Crippen molar-refractivity contribution in [3.8, 4) is 0 Å². The standard InChI is InChI=1S/C15H19ClO3/c1-3-4-8-12(15(18)19-2)14(17)10-11-7-5-6-9-13(11)16/h5-7,9,12H,3-4,8,10H2,1-2H3. The van der Waals surface area contributed by atoms with Crippen molar-refractivity contribution >= 4 is 23.4 Å². The number of ether oxygens (including phenoxy) is 1. The lowest BCUT2D eigenvalue weighted by Gasteiger charge is -2.13. The second kappa shape index (κ2) is 7.95. The first-order chi connectivity index (χ1) is 9.10. The van der Waals surface area contributed by atoms with E-state index in [1.807, 2.05) is 19.1 Å². The van der Waals surface area contributed by atoms with Crippen LogP contribution >= 0.6 is 11.6 Å². The number of esters is 1. The van der Waals surface area contributed by atoms with E-state index in [4.69, 9.17) is 16.3 Å². The van der Waals surface area contributed by atoms with Crippen molar-refractivity contribution in [3.05, 3.63) is 34.9 Å². The van der Waals surface area contributed by atoms with Crippen LogP contribution < -0.4 is 0 Å². The zero-order chi connectivity index (χ0) is 14.3. The smallest absolute Gasteiger partial charge is 0.316 e. The Hall–Kier alpha value is -1.35. The van der Waals surface area contributed by atoms with Crippen LogP contribution in [0, 0.1) is 5.92 Å². The van der Waals surface area contributed by atoms with Crippen LogP contribution in [0.1, 0.15) is 31.7 Å². The molecule has 0 fully saturated rings. The van der Waals surface area contributed by atoms with E-state index in [9.17, 15) is 9.59 Å². The molecule has 0 heterocycles. The lowest BCUT2D eigenvalue weighted by atomic mass is 9.93. The molecule has 3 nitrogen and oxygen atoms in total. The summed E-state index contributed by atoms with van der Waals surface area (Å²) >= 11 is 6.02. The Kier molecular flexibility index (Phi) is 6.57. The zero-order valence-corrected chi connectivity index (χ0v) is 12.1. The Bertz CT molecular complexity index is 443. The van der Waals surface area contributed by atoms with Gasteiger partial charge >= 0.3 is 5.97 Å². The first-order valence-electron chi connectivity index (χ1n) is 6.44. The summed E-state index contributed by atoms with van der Waals surface area (Å²) in [7, 11) is 1.31. The van der Waals surface area contributed by atoms with Gasteiger partial charge in [-0.2, -0.15) is 0 Å². The number of unbranched alkanes of at least 4 members (excludes halogenated alkanes) is 1. The van der Waals surface area contributed by atoms with Crippen LogP contribution in [0.25, 0.3) is 0 Å². The van der Waals surface area contributed by atoms with Crippen LogP contribution in [0.4, 0.5) is 0 Å². The van der Waals surface area contributed by atoms with Crippen molar-refractivity contribution in [1.82, 2.24) is 0 Å². The number of Topliss-reactive ketones (excluding diaryl/α,β-unsaturated/α-hetero) is 1. The minimum absolute atomic E-state index is 0.131. The van der Waals surface area contributed by atoms with E-state index in [1.165, 1.54) is 7.11 Å². The Balaban J connectivity index is 2.77. The predicted octanol–water partition coefficient (Wildman–Crippen LogP) is 3.43. The molecule has 1 aromatic carbocycles. The SMILES string of the molecule is CCCCC(C(=O)Cc1ccccc1Cl)C(=O)OC. The average molecular weight is 283 g/mol. The number of benzene rings is 1. The number of halogens is 1. The molecule has 1 unspecified atom stereocenters. The summed E-state index contributed by atoms with van der Waals surface area (Å²) in [6, 6.07) is 7.18. The van der Waals surface area contributed by atoms with Gasteiger partial charge < -0.3 is 4.74 Å². The summed E-state index contributed by atoms with van der Waals surface area (Å²) in [5.74, 6) is -1.26. The van der Waals surface area contributed by atoms with Gasteiger partial charge in [0.2, 0.25) is 0 Å². The lowest BCUT2D eigenvalue weighted by molar-refractivity contribution is -0.149. The van der Waals surface area contributed by atoms with Gasteiger partial charge in [0.25, 0.3) is 0 Å². The van der Waals surface area contributed by atoms with Crippen molar-refractivity contribution < 1.29 is 14.3 Å². The van der Waals surface area contributed by atoms with E-state index in [0.717, 1.165) is 18.4 Å². The molecule has 0 aliphatic heterocycles. The molecule has 0 N–H and O–H groups in total. The molecule has 0 aliphatic rings. The fourth-order valence-electron chi connectivity index (χ4n) is 1.91. The van der Waals surface area contributed by atoms with Gasteiger partial charge in [-0.25, -0.2) is 0 Å². The summed E-state index contributed by atoms with van der Waals surface area (Å²) in [5.41, 5.74) is 0.750. The van der Waals surface area contributed by atoms with Gasteiger partial charge in [0, 0.05) is 11.4 Å². The normalized spacial score (nSPS) is 11.9. The lowest BCUT2D eigenvalue weighted by Crippen LogP contribution is -2.26. The van der Waals surface area contributed by atoms with Crippen molar-refractivity contribution in [2.24, 2.45) is 5.92 Å². The summed E-state index contributed by atoms with van der Waals surface area (Å²) in [5, 5.41) is 0.551. The number of carbonyl (C=O) groups is 2. The number of ketones is 1. The Morgan fingerprint density at radius 2 is 2.00 bits per heavy atom. The van der Waals surface area contributed by atoms with Crippen molar-refractivity contribution in [1.29, 1.82) is 0 Å². The highest BCUT2D eigenvalue weighted by Gasteiger charge is 2.27. The third-order valence-electron chi connectivity index (χ3n) is 3.04. The molecule has 0 saturated carbocycles. The molecule has 0 aromatic heterocycles. The van der Waals surface area contributed by atoms with Crippen LogP contribution in [-0.4, -0.2) is 18.9 Å². The maximum absolute atomic E-state index is 12.2. The maximum Gasteiger partial charge on any atom is 0.316 e. The third kappa shape index (κ3) is 4.67. The fourth-order valence-corrected chi connectivity index (χ4v) is 2.12. The second-order valence-corrected chi connectivity index (χ2v) is 4.86. The van der Waals surface area contributed by atoms with E-state index in [2.05, 4.69) is 0 Å². The van der Waals surface area contributed by atoms with Crippen LogP contribution in [0.3, 0.4) is 0 Å². The zero-order valence-electron chi connectivity index (χ0n) is 11.3. The molecule has 0 bridgehead atoms. The van der Waals surface area contributed by atoms with Gasteiger partial charge in [-0.15, -0.1) is 0 Å². The van der Waals surface area contributed by atoms with Crippen molar-refractivity contribution in [3.63, 3.8) is 0 Å². The molecule has 104 valence electrons. The van der Waals surface area contributed by atoms with Gasteiger partial charge in [0.1, 0.15) is 5.92 Å². The Morgan fingerprint density at radius 3 is 2.58 bits per heavy atom. The minimum Gasteiger partial charge on any atom is -0.468 e. The summed E-state index contributed by atoms with van der Waals surface area (Å²) in [4.78, 5) is 23.9. The molecule has 0 saturated heterocycles. The molecule has 1 rings (SSSR count). The monoisotopic (exact) mass is 282 g/mol. The average Bonchev–Trinajstić information content (AvgIpc) is 2.41. The molecular weight excluding hydrogens is 264 g/mol. The van der Waals surface area contributed by atoms with Gasteiger partial charge in [-0.05, 0) is 18.1 Å². The summed E-state index contributed by atoms with van der Waals surface area (Å²) < 4.78 is 4.71. The third-order valence-corrected chi connectivity index (χ3v) is 3.41. The topological polar surface area (TPSA) is 43.4 Å². The van der Waals surface area contributed by atoms with Gasteiger partial charge in [-0.1, -0.05) is 49.6 Å². The van der Waals surface area contributed by atoms with E-state index in [1.54, 1.807) is 12.1 Å². The van der Waals surface area contributed by atoms with E-state index in [-0.39, 0.29) is 12.2 Å². The van der Waals surface area contributed by atoms with Crippen molar-refractivity contribution in [2.45, 2.75) is 32.6 Å². The van der Waals surface area contributed by atoms with Crippen LogP contribution in [0.2, 0.25) is 5.02 Å². The summed E-state index contributed by atoms with van der Waals surface area (Å²) in [6.07, 6.45) is 2.47. The Labute approximate surface area is 118 Å². The fraction of sp³-hybridized carbons (Fsp3) is 0.467. The van der Waals surface area contributed by atoms with E-state index < -0.39 is 11.9 Å². The number of methoxy groups -OCH3 is 1. The summed E-state index contributed by atoms with van der Waals surface area (Å²) in [6.45, 7) is 2.02. The maximum atomic E-state index is 12.2. The molecule has 0 amide bonds. The quantitative estimate of drug-likeness (QED) is 0.568. The van der Waals surface area contributed by atoms with E-state index in [0.29, 0.717) is 11.4 Å². The highest BCUT2D eigenvalue weighted by atomic mass is 35.5. The van der Waals surface area contributed by atoms with Gasteiger partial charge in [0.15, 0.2) is 5.78 Å². The second-order valence-electron chi connectivity index (χ2n) is 4.45. The highest BCUT2D eigenvalue weighted by Crippen LogP contribution is 2.19. The number of carbonyl (C=O) groups excluding carboxylic acids is 2. The van der Waals surface area contributed by atoms with Crippen LogP contribution in [0.15, 0.2) is 24.3 Å². The van der Waals surface area contributed by atoms with E-state index >= 15 is 0 Å². The minimum atomic E-state index is -0.679. The first-order valence-corrected chi connectivity index (χ1v) is 6.81. The Morgan fingerprint density at radius 1 is 1.32 bits per heavy atom. The number of hydrogen-bond acceptors (Lipinski definition) is 3. The van der Waals surface area contributed by atoms with Gasteiger partial charge in [-0.3, -0.25) is 9.59 Å². The molecule has 4 heteroatoms. The predicted molar refractivity (Wildman–Crippen MR) is 75.2 cm³/mol. The molecular formula is C15H19ClO3. The van der Waals surface area contributed by atoms with Crippen LogP contribution in [-0.2, 0) is 20.7 Å². The number of hydrogen-bond donors (Lipinski definition) is 0. The molecule has 0 spiro atoms. The highest BCUT2D eigenvalue weighted by molar-refractivity contribution is 6.31.